The van der Waals surface area contributed by atoms with Crippen molar-refractivity contribution < 1.29 is 23.8 Å². The Morgan fingerprint density at radius 1 is 1.07 bits per heavy atom. The predicted molar refractivity (Wildman–Crippen MR) is 108 cm³/mol. The minimum Gasteiger partial charge on any atom is -0.496 e. The Hall–Kier alpha value is -2.51. The number of methoxy groups -OCH3 is 3. The first kappa shape index (κ1) is 20.8. The molecule has 1 amide bonds. The fourth-order valence-electron chi connectivity index (χ4n) is 2.22. The van der Waals surface area contributed by atoms with Crippen LogP contribution in [-0.4, -0.2) is 33.2 Å². The SMILES string of the molecule is COC(=O)c1cc(Cl)c(NC(=O)/C=C/c2ccc(OC)c(Br)c2)cc1OC. The summed E-state index contributed by atoms with van der Waals surface area (Å²) < 4.78 is 15.8. The van der Waals surface area contributed by atoms with Crippen LogP contribution in [0.4, 0.5) is 5.69 Å². The molecule has 2 aromatic rings. The highest BCUT2D eigenvalue weighted by Crippen LogP contribution is 2.31. The van der Waals surface area contributed by atoms with Crippen LogP contribution < -0.4 is 14.8 Å². The molecular formula is C19H17BrClNO5. The van der Waals surface area contributed by atoms with Crippen molar-refractivity contribution in [2.75, 3.05) is 26.6 Å². The quantitative estimate of drug-likeness (QED) is 0.512. The van der Waals surface area contributed by atoms with Crippen LogP contribution in [0.15, 0.2) is 40.9 Å². The molecule has 142 valence electrons. The summed E-state index contributed by atoms with van der Waals surface area (Å²) in [5.74, 6) is -0.0425. The van der Waals surface area contributed by atoms with Gasteiger partial charge in [-0.2, -0.15) is 0 Å². The van der Waals surface area contributed by atoms with Gasteiger partial charge in [0.05, 0.1) is 36.5 Å². The molecule has 0 radical (unpaired) electrons. The number of halogens is 2. The van der Waals surface area contributed by atoms with Crippen molar-refractivity contribution in [1.82, 2.24) is 0 Å². The molecule has 0 fully saturated rings. The van der Waals surface area contributed by atoms with E-state index in [-0.39, 0.29) is 16.3 Å². The van der Waals surface area contributed by atoms with Gasteiger partial charge < -0.3 is 19.5 Å². The lowest BCUT2D eigenvalue weighted by atomic mass is 10.1. The Bertz CT molecular complexity index is 898. The molecule has 0 aliphatic carbocycles. The number of carbonyl (C=O) groups is 2. The molecule has 0 heterocycles. The lowest BCUT2D eigenvalue weighted by Crippen LogP contribution is -2.10. The molecule has 2 rings (SSSR count). The van der Waals surface area contributed by atoms with E-state index >= 15 is 0 Å². The maximum atomic E-state index is 12.2. The molecule has 0 saturated carbocycles. The second kappa shape index (κ2) is 9.43. The zero-order valence-corrected chi connectivity index (χ0v) is 17.2. The average molecular weight is 455 g/mol. The normalized spacial score (nSPS) is 10.6. The Labute approximate surface area is 170 Å². The summed E-state index contributed by atoms with van der Waals surface area (Å²) in [5.41, 5.74) is 1.29. The zero-order chi connectivity index (χ0) is 20.0. The molecule has 0 aliphatic rings. The topological polar surface area (TPSA) is 73.9 Å². The highest BCUT2D eigenvalue weighted by Gasteiger charge is 2.17. The van der Waals surface area contributed by atoms with Crippen LogP contribution in [0.25, 0.3) is 6.08 Å². The van der Waals surface area contributed by atoms with Gasteiger partial charge in [-0.1, -0.05) is 17.7 Å². The van der Waals surface area contributed by atoms with Gasteiger partial charge in [-0.15, -0.1) is 0 Å². The molecular weight excluding hydrogens is 438 g/mol. The monoisotopic (exact) mass is 453 g/mol. The number of ether oxygens (including phenoxy) is 3. The van der Waals surface area contributed by atoms with Crippen LogP contribution in [0.3, 0.4) is 0 Å². The smallest absolute Gasteiger partial charge is 0.341 e. The second-order valence-corrected chi connectivity index (χ2v) is 6.50. The molecule has 0 spiro atoms. The van der Waals surface area contributed by atoms with E-state index in [0.29, 0.717) is 11.4 Å². The summed E-state index contributed by atoms with van der Waals surface area (Å²) in [4.78, 5) is 23.9. The number of amides is 1. The largest absolute Gasteiger partial charge is 0.496 e. The number of nitrogens with one attached hydrogen (secondary N) is 1. The lowest BCUT2D eigenvalue weighted by molar-refractivity contribution is -0.111. The third-order valence-corrected chi connectivity index (χ3v) is 4.49. The van der Waals surface area contributed by atoms with Crippen LogP contribution in [0.2, 0.25) is 5.02 Å². The number of anilines is 1. The molecule has 0 aliphatic heterocycles. The van der Waals surface area contributed by atoms with Gasteiger partial charge in [-0.05, 0) is 45.8 Å². The van der Waals surface area contributed by atoms with Crippen molar-refractivity contribution >= 4 is 51.2 Å². The molecule has 27 heavy (non-hydrogen) atoms. The Kier molecular flexibility index (Phi) is 7.27. The van der Waals surface area contributed by atoms with Crippen molar-refractivity contribution in [3.05, 3.63) is 57.0 Å². The predicted octanol–water partition coefficient (Wildman–Crippen LogP) is 4.56. The summed E-state index contributed by atoms with van der Waals surface area (Å²) in [6.07, 6.45) is 3.01. The number of rotatable bonds is 6. The van der Waals surface area contributed by atoms with E-state index in [1.807, 2.05) is 12.1 Å². The van der Waals surface area contributed by atoms with Crippen LogP contribution in [0.5, 0.6) is 11.5 Å². The highest BCUT2D eigenvalue weighted by molar-refractivity contribution is 9.10. The van der Waals surface area contributed by atoms with Gasteiger partial charge in [0, 0.05) is 12.1 Å². The standard InChI is InChI=1S/C19H17BrClNO5/c1-25-16-6-4-11(8-13(16)20)5-7-18(23)22-15-10-17(26-2)12(9-14(15)21)19(24)27-3/h4-10H,1-3H3,(H,22,23)/b7-5+. The van der Waals surface area contributed by atoms with Gasteiger partial charge in [-0.3, -0.25) is 4.79 Å². The molecule has 8 heteroatoms. The van der Waals surface area contributed by atoms with Crippen LogP contribution in [0, 0.1) is 0 Å². The fraction of sp³-hybridized carbons (Fsp3) is 0.158. The maximum Gasteiger partial charge on any atom is 0.341 e. The maximum absolute atomic E-state index is 12.2. The summed E-state index contributed by atoms with van der Waals surface area (Å²) in [5, 5.41) is 2.84. The number of hydrogen-bond donors (Lipinski definition) is 1. The summed E-state index contributed by atoms with van der Waals surface area (Å²) in [7, 11) is 4.24. The number of hydrogen-bond acceptors (Lipinski definition) is 5. The van der Waals surface area contributed by atoms with Gasteiger partial charge in [-0.25, -0.2) is 4.79 Å². The average Bonchev–Trinajstić information content (AvgIpc) is 2.67. The van der Waals surface area contributed by atoms with Gasteiger partial charge in [0.1, 0.15) is 17.1 Å². The zero-order valence-electron chi connectivity index (χ0n) is 14.8. The lowest BCUT2D eigenvalue weighted by Gasteiger charge is -2.11. The van der Waals surface area contributed by atoms with Gasteiger partial charge in [0.25, 0.3) is 0 Å². The van der Waals surface area contributed by atoms with Crippen LogP contribution in [-0.2, 0) is 9.53 Å². The van der Waals surface area contributed by atoms with Crippen LogP contribution in [0.1, 0.15) is 15.9 Å². The van der Waals surface area contributed by atoms with Gasteiger partial charge >= 0.3 is 5.97 Å². The van der Waals surface area contributed by atoms with Crippen molar-refractivity contribution in [1.29, 1.82) is 0 Å². The molecule has 0 unspecified atom stereocenters. The highest BCUT2D eigenvalue weighted by atomic mass is 79.9. The second-order valence-electron chi connectivity index (χ2n) is 5.24. The van der Waals surface area contributed by atoms with E-state index in [4.69, 9.17) is 21.1 Å². The van der Waals surface area contributed by atoms with E-state index in [1.165, 1.54) is 32.4 Å². The number of carbonyl (C=O) groups excluding carboxylic acids is 2. The minimum atomic E-state index is -0.586. The molecule has 0 saturated heterocycles. The summed E-state index contributed by atoms with van der Waals surface area (Å²) in [6, 6.07) is 8.27. The van der Waals surface area contributed by atoms with Crippen molar-refractivity contribution in [2.45, 2.75) is 0 Å². The van der Waals surface area contributed by atoms with E-state index in [2.05, 4.69) is 26.0 Å². The molecule has 2 aromatic carbocycles. The molecule has 0 aromatic heterocycles. The summed E-state index contributed by atoms with van der Waals surface area (Å²) >= 11 is 9.54. The van der Waals surface area contributed by atoms with Gasteiger partial charge in [0.2, 0.25) is 5.91 Å². The third kappa shape index (κ3) is 5.24. The minimum absolute atomic E-state index is 0.168. The third-order valence-electron chi connectivity index (χ3n) is 3.56. The number of esters is 1. The first-order valence-corrected chi connectivity index (χ1v) is 8.85. The Balaban J connectivity index is 2.17. The molecule has 1 N–H and O–H groups in total. The van der Waals surface area contributed by atoms with Gasteiger partial charge in [0.15, 0.2) is 0 Å². The molecule has 6 nitrogen and oxygen atoms in total. The van der Waals surface area contributed by atoms with Crippen molar-refractivity contribution in [2.24, 2.45) is 0 Å². The fourth-order valence-corrected chi connectivity index (χ4v) is 2.99. The molecule has 0 bridgehead atoms. The van der Waals surface area contributed by atoms with Crippen molar-refractivity contribution in [3.8, 4) is 11.5 Å². The summed E-state index contributed by atoms with van der Waals surface area (Å²) in [6.45, 7) is 0. The first-order valence-electron chi connectivity index (χ1n) is 7.68. The first-order chi connectivity index (χ1) is 12.9. The Morgan fingerprint density at radius 2 is 1.78 bits per heavy atom. The molecule has 0 atom stereocenters. The van der Waals surface area contributed by atoms with Crippen LogP contribution >= 0.6 is 27.5 Å². The number of benzene rings is 2. The van der Waals surface area contributed by atoms with E-state index in [9.17, 15) is 9.59 Å². The van der Waals surface area contributed by atoms with Crippen molar-refractivity contribution in [3.63, 3.8) is 0 Å². The van der Waals surface area contributed by atoms with E-state index in [1.54, 1.807) is 19.3 Å². The Morgan fingerprint density at radius 3 is 2.37 bits per heavy atom. The van der Waals surface area contributed by atoms with E-state index in [0.717, 1.165) is 10.0 Å². The van der Waals surface area contributed by atoms with E-state index < -0.39 is 11.9 Å².